The molecule has 0 aromatic carbocycles. The number of aliphatic hydroxyl groups is 1. The molecule has 22 heavy (non-hydrogen) atoms. The third-order valence-corrected chi connectivity index (χ3v) is 4.77. The molecule has 1 atom stereocenters. The number of likely N-dealkylation sites (tertiary alicyclic amines) is 1. The topological polar surface area (TPSA) is 53.3 Å². The molecule has 2 fully saturated rings. The number of nitrogens with zero attached hydrogens (tertiary/aromatic N) is 3. The maximum absolute atomic E-state index is 10.4. The number of hydrogen-bond acceptors (Lipinski definition) is 4. The fourth-order valence-corrected chi connectivity index (χ4v) is 3.46. The van der Waals surface area contributed by atoms with Crippen LogP contribution < -0.4 is 5.32 Å². The van der Waals surface area contributed by atoms with E-state index in [4.69, 9.17) is 0 Å². The molecule has 0 spiro atoms. The average Bonchev–Trinajstić information content (AvgIpc) is 3.10. The maximum Gasteiger partial charge on any atom is 0.0909 e. The van der Waals surface area contributed by atoms with Crippen molar-refractivity contribution >= 4 is 24.8 Å². The van der Waals surface area contributed by atoms with Crippen molar-refractivity contribution in [1.82, 2.24) is 20.0 Å². The number of nitrogens with one attached hydrogen (secondary N) is 1. The molecular weight excluding hydrogens is 323 g/mol. The van der Waals surface area contributed by atoms with E-state index in [1.165, 1.54) is 19.3 Å². The largest absolute Gasteiger partial charge is 0.387 e. The van der Waals surface area contributed by atoms with Gasteiger partial charge in [0.15, 0.2) is 0 Å². The van der Waals surface area contributed by atoms with Crippen LogP contribution >= 0.6 is 24.8 Å². The van der Waals surface area contributed by atoms with Gasteiger partial charge in [-0.1, -0.05) is 0 Å². The molecule has 2 N–H and O–H groups in total. The van der Waals surface area contributed by atoms with Gasteiger partial charge < -0.3 is 15.3 Å². The highest BCUT2D eigenvalue weighted by Gasteiger charge is 2.34. The molecule has 3 heterocycles. The van der Waals surface area contributed by atoms with E-state index in [1.54, 1.807) is 0 Å². The molecule has 0 aliphatic carbocycles. The van der Waals surface area contributed by atoms with Crippen molar-refractivity contribution in [2.75, 3.05) is 32.7 Å². The van der Waals surface area contributed by atoms with E-state index >= 15 is 0 Å². The van der Waals surface area contributed by atoms with Gasteiger partial charge in [0, 0.05) is 32.0 Å². The van der Waals surface area contributed by atoms with Crippen molar-refractivity contribution < 1.29 is 5.11 Å². The van der Waals surface area contributed by atoms with Crippen molar-refractivity contribution in [3.8, 4) is 0 Å². The van der Waals surface area contributed by atoms with Crippen LogP contribution in [-0.4, -0.2) is 58.1 Å². The quantitative estimate of drug-likeness (QED) is 0.845. The average molecular weight is 351 g/mol. The second kappa shape index (κ2) is 9.08. The van der Waals surface area contributed by atoms with Gasteiger partial charge in [-0.3, -0.25) is 4.68 Å². The third-order valence-electron chi connectivity index (χ3n) is 4.77. The Morgan fingerprint density at radius 1 is 1.27 bits per heavy atom. The summed E-state index contributed by atoms with van der Waals surface area (Å²) >= 11 is 0. The summed E-state index contributed by atoms with van der Waals surface area (Å²) in [4.78, 5) is 2.44. The number of aromatic nitrogens is 2. The Bertz CT molecular complexity index is 402. The van der Waals surface area contributed by atoms with E-state index < -0.39 is 5.60 Å². The number of piperidine rings is 1. The molecule has 0 amide bonds. The van der Waals surface area contributed by atoms with Crippen LogP contribution in [0.2, 0.25) is 0 Å². The molecule has 2 aliphatic heterocycles. The Hall–Kier alpha value is -0.330. The van der Waals surface area contributed by atoms with Gasteiger partial charge in [-0.25, -0.2) is 0 Å². The summed E-state index contributed by atoms with van der Waals surface area (Å²) in [6.45, 7) is 5.85. The van der Waals surface area contributed by atoms with Crippen LogP contribution in [-0.2, 0) is 6.54 Å². The Morgan fingerprint density at radius 2 is 2.05 bits per heavy atom. The van der Waals surface area contributed by atoms with Gasteiger partial charge >= 0.3 is 0 Å². The molecular formula is C15H28Cl2N4O. The molecule has 128 valence electrons. The van der Waals surface area contributed by atoms with E-state index in [0.717, 1.165) is 51.6 Å². The summed E-state index contributed by atoms with van der Waals surface area (Å²) in [5.74, 6) is 0.812. The molecule has 0 radical (unpaired) electrons. The standard InChI is InChI=1S/C15H26N4O.2ClH/c20-15(5-7-16-12-15)13-18-9-2-14(3-10-18)4-11-19-8-1-6-17-19;;/h1,6,8,14,16,20H,2-5,7,9-13H2;2*1H. The Labute approximate surface area is 145 Å². The molecule has 2 aliphatic rings. The van der Waals surface area contributed by atoms with Crippen LogP contribution in [0.5, 0.6) is 0 Å². The molecule has 5 nitrogen and oxygen atoms in total. The SMILES string of the molecule is Cl.Cl.OC1(CN2CCC(CCn3cccn3)CC2)CCNC1. The molecule has 1 aromatic heterocycles. The first-order valence-corrected chi connectivity index (χ1v) is 7.86. The van der Waals surface area contributed by atoms with Crippen LogP contribution in [0.4, 0.5) is 0 Å². The minimum absolute atomic E-state index is 0. The predicted molar refractivity (Wildman–Crippen MR) is 92.9 cm³/mol. The monoisotopic (exact) mass is 350 g/mol. The van der Waals surface area contributed by atoms with Crippen molar-refractivity contribution in [1.29, 1.82) is 0 Å². The van der Waals surface area contributed by atoms with Crippen LogP contribution in [0.15, 0.2) is 18.5 Å². The van der Waals surface area contributed by atoms with Crippen molar-refractivity contribution in [2.45, 2.75) is 37.8 Å². The van der Waals surface area contributed by atoms with Crippen LogP contribution in [0.1, 0.15) is 25.7 Å². The van der Waals surface area contributed by atoms with Crippen LogP contribution in [0, 0.1) is 5.92 Å². The number of halogens is 2. The zero-order valence-corrected chi connectivity index (χ0v) is 14.6. The highest BCUT2D eigenvalue weighted by Crippen LogP contribution is 2.24. The zero-order valence-electron chi connectivity index (χ0n) is 13.0. The minimum Gasteiger partial charge on any atom is -0.387 e. The fourth-order valence-electron chi connectivity index (χ4n) is 3.46. The third kappa shape index (κ3) is 5.39. The molecule has 7 heteroatoms. The summed E-state index contributed by atoms with van der Waals surface area (Å²) in [5, 5.41) is 17.9. The van der Waals surface area contributed by atoms with Gasteiger partial charge in [-0.2, -0.15) is 5.10 Å². The molecule has 1 aromatic rings. The molecule has 3 rings (SSSR count). The summed E-state index contributed by atoms with van der Waals surface area (Å²) in [6, 6.07) is 1.99. The van der Waals surface area contributed by atoms with Gasteiger partial charge in [0.05, 0.1) is 5.60 Å². The minimum atomic E-state index is -0.484. The first-order chi connectivity index (χ1) is 9.73. The number of hydrogen-bond donors (Lipinski definition) is 2. The van der Waals surface area contributed by atoms with Crippen molar-refractivity contribution in [3.63, 3.8) is 0 Å². The van der Waals surface area contributed by atoms with Crippen LogP contribution in [0.3, 0.4) is 0 Å². The van der Waals surface area contributed by atoms with E-state index in [-0.39, 0.29) is 24.8 Å². The second-order valence-electron chi connectivity index (χ2n) is 6.43. The lowest BCUT2D eigenvalue weighted by Crippen LogP contribution is -2.47. The molecule has 0 saturated carbocycles. The Kier molecular flexibility index (Phi) is 8.14. The van der Waals surface area contributed by atoms with Crippen LogP contribution in [0.25, 0.3) is 0 Å². The van der Waals surface area contributed by atoms with Gasteiger partial charge in [0.25, 0.3) is 0 Å². The van der Waals surface area contributed by atoms with E-state index in [9.17, 15) is 5.11 Å². The first-order valence-electron chi connectivity index (χ1n) is 7.86. The Morgan fingerprint density at radius 3 is 2.64 bits per heavy atom. The van der Waals surface area contributed by atoms with E-state index in [0.29, 0.717) is 0 Å². The van der Waals surface area contributed by atoms with Crippen molar-refractivity contribution in [3.05, 3.63) is 18.5 Å². The number of aryl methyl sites for hydroxylation is 1. The zero-order chi connectivity index (χ0) is 13.8. The number of rotatable bonds is 5. The van der Waals surface area contributed by atoms with E-state index in [1.807, 2.05) is 23.1 Å². The Balaban J connectivity index is 0.00000121. The van der Waals surface area contributed by atoms with E-state index in [2.05, 4.69) is 15.3 Å². The summed E-state index contributed by atoms with van der Waals surface area (Å²) in [5.41, 5.74) is -0.484. The lowest BCUT2D eigenvalue weighted by molar-refractivity contribution is 0.00999. The predicted octanol–water partition coefficient (Wildman–Crippen LogP) is 1.55. The maximum atomic E-state index is 10.4. The van der Waals surface area contributed by atoms with Gasteiger partial charge in [-0.05, 0) is 57.3 Å². The van der Waals surface area contributed by atoms with Crippen molar-refractivity contribution in [2.24, 2.45) is 5.92 Å². The lowest BCUT2D eigenvalue weighted by Gasteiger charge is -2.36. The summed E-state index contributed by atoms with van der Waals surface area (Å²) in [6.07, 6.45) is 8.51. The highest BCUT2D eigenvalue weighted by molar-refractivity contribution is 5.85. The lowest BCUT2D eigenvalue weighted by atomic mass is 9.92. The molecule has 0 bridgehead atoms. The second-order valence-corrected chi connectivity index (χ2v) is 6.43. The summed E-state index contributed by atoms with van der Waals surface area (Å²) in [7, 11) is 0. The molecule has 1 unspecified atom stereocenters. The number of β-amino-alcohol motifs (C(OH)–C–C–N with tert-alkyl or cyclic N) is 1. The smallest absolute Gasteiger partial charge is 0.0909 e. The van der Waals surface area contributed by atoms with Gasteiger partial charge in [0.1, 0.15) is 0 Å². The normalized spacial score (nSPS) is 26.4. The molecule has 2 saturated heterocycles. The highest BCUT2D eigenvalue weighted by atomic mass is 35.5. The first kappa shape index (κ1) is 19.7. The fraction of sp³-hybridized carbons (Fsp3) is 0.800. The van der Waals surface area contributed by atoms with Gasteiger partial charge in [0.2, 0.25) is 0 Å². The van der Waals surface area contributed by atoms with Gasteiger partial charge in [-0.15, -0.1) is 24.8 Å². The summed E-state index contributed by atoms with van der Waals surface area (Å²) < 4.78 is 2.03.